The highest BCUT2D eigenvalue weighted by Crippen LogP contribution is 2.34. The van der Waals surface area contributed by atoms with Crippen molar-refractivity contribution in [1.82, 2.24) is 4.90 Å². The molecule has 0 aliphatic rings. The summed E-state index contributed by atoms with van der Waals surface area (Å²) in [5, 5.41) is 13.6. The van der Waals surface area contributed by atoms with Crippen LogP contribution in [0.2, 0.25) is 0 Å². The van der Waals surface area contributed by atoms with Crippen molar-refractivity contribution >= 4 is 11.4 Å². The van der Waals surface area contributed by atoms with Crippen LogP contribution >= 0.6 is 0 Å². The van der Waals surface area contributed by atoms with Gasteiger partial charge in [0.25, 0.3) is 5.69 Å². The Morgan fingerprint density at radius 1 is 1.40 bits per heavy atom. The molecule has 0 saturated carbocycles. The van der Waals surface area contributed by atoms with E-state index in [0.29, 0.717) is 19.2 Å². The largest absolute Gasteiger partial charge is 0.416 e. The number of rotatable bonds is 6. The van der Waals surface area contributed by atoms with Crippen molar-refractivity contribution in [3.63, 3.8) is 0 Å². The third kappa shape index (κ3) is 4.37. The maximum atomic E-state index is 12.5. The lowest BCUT2D eigenvalue weighted by Crippen LogP contribution is -2.24. The third-order valence-electron chi connectivity index (χ3n) is 2.87. The molecule has 1 aromatic rings. The van der Waals surface area contributed by atoms with Gasteiger partial charge in [-0.25, -0.2) is 0 Å². The first kappa shape index (κ1) is 16.2. The second-order valence-corrected chi connectivity index (χ2v) is 4.31. The summed E-state index contributed by atoms with van der Waals surface area (Å²) in [6.45, 7) is 3.82. The van der Waals surface area contributed by atoms with E-state index in [1.165, 1.54) is 0 Å². The zero-order valence-electron chi connectivity index (χ0n) is 11.2. The lowest BCUT2D eigenvalue weighted by atomic mass is 10.1. The van der Waals surface area contributed by atoms with Crippen LogP contribution in [-0.4, -0.2) is 36.5 Å². The van der Waals surface area contributed by atoms with Gasteiger partial charge in [0.15, 0.2) is 0 Å². The number of nitro groups is 1. The van der Waals surface area contributed by atoms with Crippen LogP contribution in [0.15, 0.2) is 18.2 Å². The normalized spacial score (nSPS) is 11.7. The fraction of sp³-hybridized carbons (Fsp3) is 0.500. The van der Waals surface area contributed by atoms with Crippen molar-refractivity contribution in [1.29, 1.82) is 0 Å². The average molecular weight is 291 g/mol. The van der Waals surface area contributed by atoms with Crippen LogP contribution in [0.1, 0.15) is 12.5 Å². The van der Waals surface area contributed by atoms with Crippen molar-refractivity contribution in [3.05, 3.63) is 33.9 Å². The standard InChI is InChI=1S/C12H16F3N3O2/c1-3-17(2)7-6-16-10-5-4-9(12(13,14)15)8-11(10)18(19)20/h4-5,8,16H,3,6-7H2,1-2H3. The van der Waals surface area contributed by atoms with E-state index in [1.54, 1.807) is 0 Å². The number of nitro benzene ring substituents is 1. The van der Waals surface area contributed by atoms with Crippen LogP contribution in [0, 0.1) is 10.1 Å². The van der Waals surface area contributed by atoms with Gasteiger partial charge < -0.3 is 10.2 Å². The molecule has 0 aromatic heterocycles. The van der Waals surface area contributed by atoms with Gasteiger partial charge in [-0.3, -0.25) is 10.1 Å². The molecule has 8 heteroatoms. The molecule has 0 aliphatic heterocycles. The number of likely N-dealkylation sites (N-methyl/N-ethyl adjacent to an activating group) is 1. The quantitative estimate of drug-likeness (QED) is 0.646. The van der Waals surface area contributed by atoms with E-state index in [0.717, 1.165) is 18.7 Å². The van der Waals surface area contributed by atoms with Crippen LogP contribution in [0.25, 0.3) is 0 Å². The molecule has 0 fully saturated rings. The summed E-state index contributed by atoms with van der Waals surface area (Å²) >= 11 is 0. The molecule has 0 amide bonds. The van der Waals surface area contributed by atoms with Gasteiger partial charge in [0.2, 0.25) is 0 Å². The first-order chi connectivity index (χ1) is 9.25. The van der Waals surface area contributed by atoms with Crippen LogP contribution in [0.4, 0.5) is 24.5 Å². The van der Waals surface area contributed by atoms with Crippen molar-refractivity contribution in [3.8, 4) is 0 Å². The van der Waals surface area contributed by atoms with E-state index >= 15 is 0 Å². The Bertz CT molecular complexity index is 478. The molecule has 0 radical (unpaired) electrons. The van der Waals surface area contributed by atoms with Gasteiger partial charge in [-0.1, -0.05) is 6.92 Å². The number of hydrogen-bond acceptors (Lipinski definition) is 4. The van der Waals surface area contributed by atoms with Crippen LogP contribution < -0.4 is 5.32 Å². The van der Waals surface area contributed by atoms with E-state index in [9.17, 15) is 23.3 Å². The Balaban J connectivity index is 2.88. The molecule has 0 atom stereocenters. The molecule has 1 rings (SSSR count). The van der Waals surface area contributed by atoms with E-state index in [2.05, 4.69) is 5.32 Å². The van der Waals surface area contributed by atoms with Gasteiger partial charge in [-0.15, -0.1) is 0 Å². The van der Waals surface area contributed by atoms with Crippen LogP contribution in [-0.2, 0) is 6.18 Å². The van der Waals surface area contributed by atoms with Gasteiger partial charge >= 0.3 is 6.18 Å². The van der Waals surface area contributed by atoms with Crippen molar-refractivity contribution in [2.24, 2.45) is 0 Å². The molecule has 0 spiro atoms. The molecule has 5 nitrogen and oxygen atoms in total. The summed E-state index contributed by atoms with van der Waals surface area (Å²) in [5.41, 5.74) is -1.51. The first-order valence-electron chi connectivity index (χ1n) is 6.03. The Kier molecular flexibility index (Phi) is 5.32. The van der Waals surface area contributed by atoms with Gasteiger partial charge in [0.05, 0.1) is 10.5 Å². The second-order valence-electron chi connectivity index (χ2n) is 4.31. The summed E-state index contributed by atoms with van der Waals surface area (Å²) in [6.07, 6.45) is -4.59. The monoisotopic (exact) mass is 291 g/mol. The van der Waals surface area contributed by atoms with E-state index in [4.69, 9.17) is 0 Å². The molecule has 112 valence electrons. The molecular formula is C12H16F3N3O2. The minimum atomic E-state index is -4.59. The summed E-state index contributed by atoms with van der Waals surface area (Å²) in [6, 6.07) is 2.47. The number of hydrogen-bond donors (Lipinski definition) is 1. The zero-order chi connectivity index (χ0) is 15.3. The number of nitrogens with one attached hydrogen (secondary N) is 1. The third-order valence-corrected chi connectivity index (χ3v) is 2.87. The maximum Gasteiger partial charge on any atom is 0.416 e. The van der Waals surface area contributed by atoms with E-state index in [-0.39, 0.29) is 5.69 Å². The molecule has 20 heavy (non-hydrogen) atoms. The highest BCUT2D eigenvalue weighted by molar-refractivity contribution is 5.62. The molecule has 1 N–H and O–H groups in total. The predicted octanol–water partition coefficient (Wildman–Crippen LogP) is 2.98. The molecule has 0 heterocycles. The molecule has 0 unspecified atom stereocenters. The second kappa shape index (κ2) is 6.56. The number of alkyl halides is 3. The SMILES string of the molecule is CCN(C)CCNc1ccc(C(F)(F)F)cc1[N+](=O)[O-]. The van der Waals surface area contributed by atoms with Gasteiger partial charge in [0, 0.05) is 19.2 Å². The molecule has 0 saturated heterocycles. The Hall–Kier alpha value is -1.83. The lowest BCUT2D eigenvalue weighted by molar-refractivity contribution is -0.384. The fourth-order valence-electron chi connectivity index (χ4n) is 1.55. The Morgan fingerprint density at radius 3 is 2.55 bits per heavy atom. The minimum absolute atomic E-state index is 0.0903. The smallest absolute Gasteiger partial charge is 0.378 e. The minimum Gasteiger partial charge on any atom is -0.378 e. The maximum absolute atomic E-state index is 12.5. The van der Waals surface area contributed by atoms with Crippen LogP contribution in [0.3, 0.4) is 0 Å². The number of nitrogens with zero attached hydrogens (tertiary/aromatic N) is 2. The van der Waals surface area contributed by atoms with Gasteiger partial charge in [-0.2, -0.15) is 13.2 Å². The summed E-state index contributed by atoms with van der Waals surface area (Å²) in [5.74, 6) is 0. The van der Waals surface area contributed by atoms with Crippen molar-refractivity contribution in [2.45, 2.75) is 13.1 Å². The lowest BCUT2D eigenvalue weighted by Gasteiger charge is -2.15. The first-order valence-corrected chi connectivity index (χ1v) is 6.03. The zero-order valence-corrected chi connectivity index (χ0v) is 11.2. The number of benzene rings is 1. The Labute approximate surface area is 114 Å². The topological polar surface area (TPSA) is 58.4 Å². The molecule has 0 bridgehead atoms. The molecule has 0 aliphatic carbocycles. The Morgan fingerprint density at radius 2 is 2.05 bits per heavy atom. The number of halogens is 3. The van der Waals surface area contributed by atoms with Crippen molar-refractivity contribution < 1.29 is 18.1 Å². The highest BCUT2D eigenvalue weighted by Gasteiger charge is 2.32. The van der Waals surface area contributed by atoms with E-state index < -0.39 is 22.4 Å². The van der Waals surface area contributed by atoms with Crippen LogP contribution in [0.5, 0.6) is 0 Å². The average Bonchev–Trinajstić information content (AvgIpc) is 2.37. The number of anilines is 1. The summed E-state index contributed by atoms with van der Waals surface area (Å²) in [4.78, 5) is 12.0. The van der Waals surface area contributed by atoms with Crippen molar-refractivity contribution in [2.75, 3.05) is 32.0 Å². The highest BCUT2D eigenvalue weighted by atomic mass is 19.4. The molecule has 1 aromatic carbocycles. The molecular weight excluding hydrogens is 275 g/mol. The fourth-order valence-corrected chi connectivity index (χ4v) is 1.55. The van der Waals surface area contributed by atoms with E-state index in [1.807, 2.05) is 18.9 Å². The predicted molar refractivity (Wildman–Crippen MR) is 69.8 cm³/mol. The van der Waals surface area contributed by atoms with Gasteiger partial charge in [-0.05, 0) is 25.7 Å². The summed E-state index contributed by atoms with van der Waals surface area (Å²) in [7, 11) is 1.88. The summed E-state index contributed by atoms with van der Waals surface area (Å²) < 4.78 is 37.6. The van der Waals surface area contributed by atoms with Gasteiger partial charge in [0.1, 0.15) is 5.69 Å².